The zero-order valence-corrected chi connectivity index (χ0v) is 17.4. The number of ether oxygens (including phenoxy) is 1. The molecule has 2 amide bonds. The molecular formula is C23H29FN2O3. The maximum atomic E-state index is 13.0. The number of nitrogens with zero attached hydrogens (tertiary/aromatic N) is 1. The van der Waals surface area contributed by atoms with Crippen LogP contribution in [-0.2, 0) is 16.1 Å². The first-order chi connectivity index (χ1) is 13.8. The Hall–Kier alpha value is -2.89. The molecule has 0 saturated heterocycles. The summed E-state index contributed by atoms with van der Waals surface area (Å²) in [5.41, 5.74) is 2.04. The van der Waals surface area contributed by atoms with Crippen LogP contribution in [0.1, 0.15) is 31.9 Å². The number of aryl methyl sites for hydroxylation is 1. The van der Waals surface area contributed by atoms with Crippen LogP contribution in [0.15, 0.2) is 48.5 Å². The number of hydrogen-bond donors (Lipinski definition) is 1. The fraction of sp³-hybridized carbons (Fsp3) is 0.391. The summed E-state index contributed by atoms with van der Waals surface area (Å²) in [5, 5.41) is 2.88. The minimum atomic E-state index is -0.653. The first kappa shape index (κ1) is 22.4. The van der Waals surface area contributed by atoms with Crippen molar-refractivity contribution in [2.24, 2.45) is 5.92 Å². The minimum absolute atomic E-state index is 0.207. The van der Waals surface area contributed by atoms with Crippen LogP contribution < -0.4 is 10.1 Å². The molecule has 0 aromatic heterocycles. The largest absolute Gasteiger partial charge is 0.484 e. The van der Waals surface area contributed by atoms with Crippen LogP contribution in [0, 0.1) is 18.7 Å². The Morgan fingerprint density at radius 2 is 1.66 bits per heavy atom. The molecule has 0 aliphatic rings. The Morgan fingerprint density at radius 1 is 1.03 bits per heavy atom. The molecule has 6 heteroatoms. The predicted molar refractivity (Wildman–Crippen MR) is 111 cm³/mol. The Kier molecular flexibility index (Phi) is 8.19. The van der Waals surface area contributed by atoms with Gasteiger partial charge >= 0.3 is 0 Å². The zero-order chi connectivity index (χ0) is 21.4. The van der Waals surface area contributed by atoms with E-state index in [0.29, 0.717) is 24.8 Å². The van der Waals surface area contributed by atoms with Gasteiger partial charge in [-0.15, -0.1) is 0 Å². The third kappa shape index (κ3) is 7.22. The lowest BCUT2D eigenvalue weighted by Gasteiger charge is -2.29. The Balaban J connectivity index is 2.10. The second-order valence-corrected chi connectivity index (χ2v) is 7.56. The molecule has 2 aromatic rings. The van der Waals surface area contributed by atoms with Gasteiger partial charge in [-0.2, -0.15) is 0 Å². The highest BCUT2D eigenvalue weighted by Crippen LogP contribution is 2.14. The maximum absolute atomic E-state index is 13.0. The van der Waals surface area contributed by atoms with Crippen molar-refractivity contribution >= 4 is 11.8 Å². The van der Waals surface area contributed by atoms with Crippen LogP contribution in [0.2, 0.25) is 0 Å². The smallest absolute Gasteiger partial charge is 0.261 e. The van der Waals surface area contributed by atoms with Gasteiger partial charge in [-0.05, 0) is 49.6 Å². The van der Waals surface area contributed by atoms with E-state index in [9.17, 15) is 14.0 Å². The van der Waals surface area contributed by atoms with Crippen molar-refractivity contribution in [2.75, 3.05) is 13.2 Å². The van der Waals surface area contributed by atoms with Crippen molar-refractivity contribution in [3.63, 3.8) is 0 Å². The van der Waals surface area contributed by atoms with Crippen molar-refractivity contribution in [3.05, 3.63) is 65.5 Å². The topological polar surface area (TPSA) is 58.6 Å². The van der Waals surface area contributed by atoms with E-state index in [2.05, 4.69) is 5.32 Å². The summed E-state index contributed by atoms with van der Waals surface area (Å²) in [6.07, 6.45) is 0. The molecule has 2 aromatic carbocycles. The lowest BCUT2D eigenvalue weighted by atomic mass is 10.1. The number of halogens is 1. The normalized spacial score (nSPS) is 11.8. The Labute approximate surface area is 171 Å². The van der Waals surface area contributed by atoms with Gasteiger partial charge in [-0.1, -0.05) is 43.7 Å². The number of amides is 2. The zero-order valence-electron chi connectivity index (χ0n) is 17.4. The van der Waals surface area contributed by atoms with Crippen molar-refractivity contribution in [1.82, 2.24) is 10.2 Å². The molecule has 2 rings (SSSR count). The number of nitrogens with one attached hydrogen (secondary N) is 1. The third-order valence-corrected chi connectivity index (χ3v) is 4.50. The van der Waals surface area contributed by atoms with Gasteiger partial charge in [0.1, 0.15) is 17.6 Å². The van der Waals surface area contributed by atoms with Gasteiger partial charge < -0.3 is 15.0 Å². The van der Waals surface area contributed by atoms with Crippen LogP contribution >= 0.6 is 0 Å². The molecule has 5 nitrogen and oxygen atoms in total. The van der Waals surface area contributed by atoms with Crippen molar-refractivity contribution < 1.29 is 18.7 Å². The molecule has 0 saturated carbocycles. The average Bonchev–Trinajstić information content (AvgIpc) is 2.70. The first-order valence-electron chi connectivity index (χ1n) is 9.77. The quantitative estimate of drug-likeness (QED) is 0.698. The lowest BCUT2D eigenvalue weighted by Crippen LogP contribution is -2.49. The second-order valence-electron chi connectivity index (χ2n) is 7.56. The highest BCUT2D eigenvalue weighted by atomic mass is 19.1. The molecule has 0 unspecified atom stereocenters. The fourth-order valence-electron chi connectivity index (χ4n) is 2.68. The van der Waals surface area contributed by atoms with Crippen molar-refractivity contribution in [3.8, 4) is 5.75 Å². The molecule has 0 aliphatic carbocycles. The summed E-state index contributed by atoms with van der Waals surface area (Å²) in [7, 11) is 0. The van der Waals surface area contributed by atoms with E-state index in [1.54, 1.807) is 6.92 Å². The predicted octanol–water partition coefficient (Wildman–Crippen LogP) is 3.70. The van der Waals surface area contributed by atoms with E-state index >= 15 is 0 Å². The van der Waals surface area contributed by atoms with Gasteiger partial charge in [0.15, 0.2) is 6.61 Å². The third-order valence-electron chi connectivity index (χ3n) is 4.50. The number of rotatable bonds is 9. The molecule has 0 heterocycles. The molecule has 1 N–H and O–H groups in total. The van der Waals surface area contributed by atoms with Gasteiger partial charge in [0.05, 0.1) is 0 Å². The molecule has 29 heavy (non-hydrogen) atoms. The van der Waals surface area contributed by atoms with E-state index in [-0.39, 0.29) is 24.2 Å². The Bertz CT molecular complexity index is 804. The number of carbonyl (C=O) groups excluding carboxylic acids is 2. The summed E-state index contributed by atoms with van der Waals surface area (Å²) >= 11 is 0. The standard InChI is InChI=1S/C23H29FN2O3/c1-16(2)13-25-23(28)18(4)26(14-19-7-5-17(3)6-8-19)22(27)15-29-21-11-9-20(24)10-12-21/h5-12,16,18H,13-15H2,1-4H3,(H,25,28)/t18-/m0/s1. The molecule has 0 fully saturated rings. The summed E-state index contributed by atoms with van der Waals surface area (Å²) in [6, 6.07) is 12.6. The summed E-state index contributed by atoms with van der Waals surface area (Å²) < 4.78 is 18.5. The fourth-order valence-corrected chi connectivity index (χ4v) is 2.68. The van der Waals surface area contributed by atoms with Gasteiger partial charge in [0.2, 0.25) is 5.91 Å². The average molecular weight is 400 g/mol. The molecular weight excluding hydrogens is 371 g/mol. The number of carbonyl (C=O) groups is 2. The number of benzene rings is 2. The van der Waals surface area contributed by atoms with Crippen LogP contribution in [-0.4, -0.2) is 35.9 Å². The monoisotopic (exact) mass is 400 g/mol. The molecule has 0 spiro atoms. The van der Waals surface area contributed by atoms with Gasteiger partial charge in [-0.3, -0.25) is 9.59 Å². The van der Waals surface area contributed by atoms with Crippen molar-refractivity contribution in [2.45, 2.75) is 40.3 Å². The molecule has 156 valence electrons. The summed E-state index contributed by atoms with van der Waals surface area (Å²) in [4.78, 5) is 27.0. The van der Waals surface area contributed by atoms with E-state index in [1.165, 1.54) is 29.2 Å². The SMILES string of the molecule is Cc1ccc(CN(C(=O)COc2ccc(F)cc2)[C@@H](C)C(=O)NCC(C)C)cc1. The minimum Gasteiger partial charge on any atom is -0.484 e. The van der Waals surface area contributed by atoms with Crippen LogP contribution in [0.3, 0.4) is 0 Å². The van der Waals surface area contributed by atoms with E-state index in [0.717, 1.165) is 11.1 Å². The van der Waals surface area contributed by atoms with Crippen molar-refractivity contribution in [1.29, 1.82) is 0 Å². The van der Waals surface area contributed by atoms with Gasteiger partial charge in [-0.25, -0.2) is 4.39 Å². The van der Waals surface area contributed by atoms with E-state index in [4.69, 9.17) is 4.74 Å². The van der Waals surface area contributed by atoms with Crippen LogP contribution in [0.25, 0.3) is 0 Å². The molecule has 1 atom stereocenters. The molecule has 0 aliphatic heterocycles. The molecule has 0 radical (unpaired) electrons. The highest BCUT2D eigenvalue weighted by Gasteiger charge is 2.26. The maximum Gasteiger partial charge on any atom is 0.261 e. The second kappa shape index (κ2) is 10.6. The van der Waals surface area contributed by atoms with Gasteiger partial charge in [0, 0.05) is 13.1 Å². The lowest BCUT2D eigenvalue weighted by molar-refractivity contribution is -0.142. The summed E-state index contributed by atoms with van der Waals surface area (Å²) in [6.45, 7) is 8.32. The number of hydrogen-bond acceptors (Lipinski definition) is 3. The van der Waals surface area contributed by atoms with Crippen LogP contribution in [0.4, 0.5) is 4.39 Å². The van der Waals surface area contributed by atoms with E-state index < -0.39 is 6.04 Å². The summed E-state index contributed by atoms with van der Waals surface area (Å²) in [5.74, 6) is -0.190. The molecule has 0 bridgehead atoms. The van der Waals surface area contributed by atoms with E-state index in [1.807, 2.05) is 45.0 Å². The highest BCUT2D eigenvalue weighted by molar-refractivity contribution is 5.87. The Morgan fingerprint density at radius 3 is 2.24 bits per heavy atom. The van der Waals surface area contributed by atoms with Gasteiger partial charge in [0.25, 0.3) is 5.91 Å². The van der Waals surface area contributed by atoms with Crippen LogP contribution in [0.5, 0.6) is 5.75 Å². The first-order valence-corrected chi connectivity index (χ1v) is 9.77.